The Labute approximate surface area is 78.2 Å². The molecule has 1 heterocycles. The molecular weight excluding hydrogens is 164 g/mol. The van der Waals surface area contributed by atoms with Crippen LogP contribution in [0.15, 0.2) is 24.5 Å². The number of amides is 1. The van der Waals surface area contributed by atoms with Gasteiger partial charge >= 0.3 is 0 Å². The van der Waals surface area contributed by atoms with Gasteiger partial charge in [0.15, 0.2) is 0 Å². The van der Waals surface area contributed by atoms with Gasteiger partial charge in [-0.2, -0.15) is 0 Å². The highest BCUT2D eigenvalue weighted by Crippen LogP contribution is 2.18. The molecule has 1 aromatic rings. The van der Waals surface area contributed by atoms with Gasteiger partial charge in [-0.05, 0) is 31.5 Å². The van der Waals surface area contributed by atoms with Crippen LogP contribution in [0.5, 0.6) is 0 Å². The smallest absolute Gasteiger partial charge is 0.217 e. The predicted molar refractivity (Wildman–Crippen MR) is 51.1 cm³/mol. The Kier molecular flexibility index (Phi) is 2.66. The van der Waals surface area contributed by atoms with Gasteiger partial charge in [-0.15, -0.1) is 0 Å². The summed E-state index contributed by atoms with van der Waals surface area (Å²) in [5.41, 5.74) is 0.729. The fourth-order valence-corrected chi connectivity index (χ4v) is 1.28. The van der Waals surface area contributed by atoms with Gasteiger partial charge in [-0.25, -0.2) is 0 Å². The molecule has 0 aliphatic carbocycles. The lowest BCUT2D eigenvalue weighted by Gasteiger charge is -2.25. The van der Waals surface area contributed by atoms with E-state index in [0.29, 0.717) is 0 Å². The normalized spacial score (nSPS) is 11.0. The van der Waals surface area contributed by atoms with E-state index >= 15 is 0 Å². The van der Waals surface area contributed by atoms with Crippen LogP contribution >= 0.6 is 0 Å². The molecule has 0 aromatic carbocycles. The van der Waals surface area contributed by atoms with Crippen LogP contribution < -0.4 is 5.32 Å². The number of nitrogens with one attached hydrogen (secondary N) is 1. The minimum Gasteiger partial charge on any atom is -0.347 e. The molecule has 13 heavy (non-hydrogen) atoms. The van der Waals surface area contributed by atoms with Gasteiger partial charge in [-0.1, -0.05) is 0 Å². The molecule has 0 saturated heterocycles. The summed E-state index contributed by atoms with van der Waals surface area (Å²) in [4.78, 5) is 14.8. The Morgan fingerprint density at radius 2 is 1.92 bits per heavy atom. The van der Waals surface area contributed by atoms with Gasteiger partial charge in [0.25, 0.3) is 0 Å². The summed E-state index contributed by atoms with van der Waals surface area (Å²) in [6, 6.07) is 3.80. The van der Waals surface area contributed by atoms with Crippen LogP contribution in [0.4, 0.5) is 0 Å². The molecule has 0 fully saturated rings. The lowest BCUT2D eigenvalue weighted by Crippen LogP contribution is -2.39. The summed E-state index contributed by atoms with van der Waals surface area (Å²) in [5.74, 6) is -0.0261. The first-order valence-corrected chi connectivity index (χ1v) is 4.21. The summed E-state index contributed by atoms with van der Waals surface area (Å²) in [7, 11) is 0. The molecule has 0 aliphatic heterocycles. The molecule has 0 aliphatic rings. The highest BCUT2D eigenvalue weighted by molar-refractivity contribution is 5.74. The fraction of sp³-hybridized carbons (Fsp3) is 0.400. The van der Waals surface area contributed by atoms with Gasteiger partial charge in [0, 0.05) is 19.3 Å². The minimum absolute atomic E-state index is 0.0261. The van der Waals surface area contributed by atoms with Crippen LogP contribution in [0.25, 0.3) is 0 Å². The lowest BCUT2D eigenvalue weighted by atomic mass is 9.95. The zero-order valence-corrected chi connectivity index (χ0v) is 8.16. The van der Waals surface area contributed by atoms with Crippen molar-refractivity contribution in [1.82, 2.24) is 10.3 Å². The number of nitrogens with zero attached hydrogens (tertiary/aromatic N) is 1. The number of carbonyl (C=O) groups is 1. The lowest BCUT2D eigenvalue weighted by molar-refractivity contribution is -0.120. The van der Waals surface area contributed by atoms with Crippen LogP contribution in [0.3, 0.4) is 0 Å². The van der Waals surface area contributed by atoms with Crippen molar-refractivity contribution in [3.63, 3.8) is 0 Å². The zero-order valence-electron chi connectivity index (χ0n) is 8.16. The average Bonchev–Trinajstić information content (AvgIpc) is 2.04. The molecule has 1 amide bonds. The molecule has 3 heteroatoms. The van der Waals surface area contributed by atoms with Gasteiger partial charge < -0.3 is 5.32 Å². The third kappa shape index (κ3) is 2.54. The Hall–Kier alpha value is -1.38. The van der Waals surface area contributed by atoms with Crippen molar-refractivity contribution in [2.45, 2.75) is 26.3 Å². The second kappa shape index (κ2) is 3.56. The van der Waals surface area contributed by atoms with Crippen LogP contribution in [0.2, 0.25) is 0 Å². The van der Waals surface area contributed by atoms with Crippen molar-refractivity contribution in [3.8, 4) is 0 Å². The van der Waals surface area contributed by atoms with Crippen molar-refractivity contribution in [3.05, 3.63) is 30.1 Å². The van der Waals surface area contributed by atoms with Crippen LogP contribution in [0.1, 0.15) is 26.3 Å². The van der Waals surface area contributed by atoms with Gasteiger partial charge in [0.2, 0.25) is 5.91 Å². The highest BCUT2D eigenvalue weighted by atomic mass is 16.1. The number of pyridine rings is 1. The van der Waals surface area contributed by atoms with E-state index in [4.69, 9.17) is 0 Å². The maximum Gasteiger partial charge on any atom is 0.217 e. The van der Waals surface area contributed by atoms with Crippen LogP contribution in [-0.2, 0) is 10.3 Å². The second-order valence-corrected chi connectivity index (χ2v) is 3.54. The number of rotatable bonds is 2. The largest absolute Gasteiger partial charge is 0.347 e. The summed E-state index contributed by atoms with van der Waals surface area (Å²) < 4.78 is 0. The van der Waals surface area contributed by atoms with Crippen LogP contribution in [0, 0.1) is 0 Å². The number of carbonyl (C=O) groups excluding carboxylic acids is 1. The molecule has 0 atom stereocenters. The summed E-state index contributed by atoms with van der Waals surface area (Å²) in [6.45, 7) is 5.44. The molecule has 0 bridgehead atoms. The average molecular weight is 178 g/mol. The second-order valence-electron chi connectivity index (χ2n) is 3.54. The minimum atomic E-state index is -0.325. The van der Waals surface area contributed by atoms with E-state index in [9.17, 15) is 4.79 Å². The molecule has 70 valence electrons. The fourth-order valence-electron chi connectivity index (χ4n) is 1.28. The third-order valence-corrected chi connectivity index (χ3v) is 1.89. The maximum atomic E-state index is 10.9. The van der Waals surface area contributed by atoms with E-state index in [-0.39, 0.29) is 11.4 Å². The van der Waals surface area contributed by atoms with Gasteiger partial charge in [0.1, 0.15) is 0 Å². The van der Waals surface area contributed by atoms with E-state index < -0.39 is 0 Å². The van der Waals surface area contributed by atoms with Gasteiger partial charge in [-0.3, -0.25) is 9.78 Å². The summed E-state index contributed by atoms with van der Waals surface area (Å²) in [5, 5.41) is 2.87. The van der Waals surface area contributed by atoms with Gasteiger partial charge in [0.05, 0.1) is 5.54 Å². The van der Waals surface area contributed by atoms with Crippen molar-refractivity contribution < 1.29 is 4.79 Å². The molecule has 0 spiro atoms. The van der Waals surface area contributed by atoms with Crippen molar-refractivity contribution >= 4 is 5.91 Å². The molecule has 0 saturated carbocycles. The molecule has 1 N–H and O–H groups in total. The van der Waals surface area contributed by atoms with Crippen molar-refractivity contribution in [2.75, 3.05) is 0 Å². The first-order chi connectivity index (χ1) is 6.02. The van der Waals surface area contributed by atoms with E-state index in [1.165, 1.54) is 6.92 Å². The van der Waals surface area contributed by atoms with E-state index in [2.05, 4.69) is 10.3 Å². The van der Waals surface area contributed by atoms with Crippen molar-refractivity contribution in [1.29, 1.82) is 0 Å². The quantitative estimate of drug-likeness (QED) is 0.744. The Morgan fingerprint density at radius 3 is 2.38 bits per heavy atom. The first-order valence-electron chi connectivity index (χ1n) is 4.21. The number of hydrogen-bond donors (Lipinski definition) is 1. The summed E-state index contributed by atoms with van der Waals surface area (Å²) in [6.07, 6.45) is 3.44. The van der Waals surface area contributed by atoms with E-state index in [0.717, 1.165) is 5.56 Å². The van der Waals surface area contributed by atoms with Crippen molar-refractivity contribution in [2.24, 2.45) is 0 Å². The van der Waals surface area contributed by atoms with E-state index in [1.54, 1.807) is 12.4 Å². The molecular formula is C10H14N2O. The molecule has 0 unspecified atom stereocenters. The Balaban J connectivity index is 2.87. The summed E-state index contributed by atoms with van der Waals surface area (Å²) >= 11 is 0. The maximum absolute atomic E-state index is 10.9. The molecule has 0 radical (unpaired) electrons. The monoisotopic (exact) mass is 178 g/mol. The van der Waals surface area contributed by atoms with Crippen LogP contribution in [-0.4, -0.2) is 10.9 Å². The number of aromatic nitrogens is 1. The molecule has 1 aromatic heterocycles. The Morgan fingerprint density at radius 1 is 1.38 bits per heavy atom. The third-order valence-electron chi connectivity index (χ3n) is 1.89. The Bertz CT molecular complexity index is 293. The van der Waals surface area contributed by atoms with E-state index in [1.807, 2.05) is 26.0 Å². The number of hydrogen-bond acceptors (Lipinski definition) is 2. The topological polar surface area (TPSA) is 42.0 Å². The molecule has 1 rings (SSSR count). The molecule has 3 nitrogen and oxygen atoms in total. The SMILES string of the molecule is CC(=O)NC(C)(C)c1ccncc1. The standard InChI is InChI=1S/C10H14N2O/c1-8(13)12-10(2,3)9-4-6-11-7-5-9/h4-7H,1-3H3,(H,12,13). The first kappa shape index (κ1) is 9.71. The highest BCUT2D eigenvalue weighted by Gasteiger charge is 2.20. The zero-order chi connectivity index (χ0) is 9.90. The predicted octanol–water partition coefficient (Wildman–Crippen LogP) is 1.45.